The number of fused-ring (bicyclic) bond motifs is 8. The maximum absolute atomic E-state index is 9.61. The van der Waals surface area contributed by atoms with Gasteiger partial charge in [-0.15, -0.1) is 0 Å². The zero-order valence-corrected chi connectivity index (χ0v) is 27.1. The fraction of sp³-hybridized carbons (Fsp3) is 0. The summed E-state index contributed by atoms with van der Waals surface area (Å²) in [7, 11) is 0. The monoisotopic (exact) mass is 654 g/mol. The van der Waals surface area contributed by atoms with E-state index in [9.17, 15) is 5.48 Å². The maximum atomic E-state index is 9.61. The first-order chi connectivity index (χ1) is 28.6. The second kappa shape index (κ2) is 10.9. The lowest BCUT2D eigenvalue weighted by Crippen LogP contribution is -1.93. The molecule has 1 heteroatoms. The zero-order valence-electron chi connectivity index (χ0n) is 35.1. The van der Waals surface area contributed by atoms with Gasteiger partial charge < -0.3 is 4.42 Å². The third kappa shape index (κ3) is 4.16. The largest absolute Gasteiger partial charge is 0.456 e. The van der Waals surface area contributed by atoms with E-state index in [1.54, 1.807) is 0 Å². The van der Waals surface area contributed by atoms with Crippen molar-refractivity contribution in [1.29, 1.82) is 0 Å². The second-order valence-electron chi connectivity index (χ2n) is 13.0. The van der Waals surface area contributed by atoms with E-state index in [1.807, 2.05) is 103 Å². The molecule has 10 aromatic carbocycles. The summed E-state index contributed by atoms with van der Waals surface area (Å²) in [5, 5.41) is 7.99. The van der Waals surface area contributed by atoms with Gasteiger partial charge in [0.05, 0.1) is 11.0 Å². The molecule has 1 aromatic heterocycles. The first-order valence-electron chi connectivity index (χ1n) is 20.9. The van der Waals surface area contributed by atoms with Gasteiger partial charge in [-0.2, -0.15) is 0 Å². The minimum absolute atomic E-state index is 0.178. The number of rotatable bonds is 3. The minimum Gasteiger partial charge on any atom is -0.456 e. The molecule has 0 amide bonds. The Kier molecular flexibility index (Phi) is 4.57. The molecule has 0 saturated heterocycles. The van der Waals surface area contributed by atoms with Gasteiger partial charge in [0.1, 0.15) is 11.2 Å². The van der Waals surface area contributed by atoms with Crippen molar-refractivity contribution in [2.24, 2.45) is 0 Å². The Labute approximate surface area is 305 Å². The molecule has 0 radical (unpaired) electrons. The first-order valence-corrected chi connectivity index (χ1v) is 16.9. The minimum atomic E-state index is -0.435. The van der Waals surface area contributed by atoms with Gasteiger partial charge in [0, 0.05) is 10.8 Å². The van der Waals surface area contributed by atoms with Crippen LogP contribution in [0, 0.1) is 0 Å². The van der Waals surface area contributed by atoms with E-state index in [0.717, 1.165) is 59.8 Å². The first kappa shape index (κ1) is 21.4. The topological polar surface area (TPSA) is 13.1 Å². The molecular weight excluding hydrogens is 617 g/mol. The molecule has 0 aliphatic carbocycles. The highest BCUT2D eigenvalue weighted by atomic mass is 16.3. The van der Waals surface area contributed by atoms with Gasteiger partial charge in [-0.25, -0.2) is 0 Å². The van der Waals surface area contributed by atoms with Crippen LogP contribution in [0.4, 0.5) is 0 Å². The van der Waals surface area contributed by atoms with Gasteiger partial charge in [-0.3, -0.25) is 0 Å². The molecule has 0 aliphatic heterocycles. The molecule has 11 aromatic rings. The zero-order chi connectivity index (χ0) is 40.4. The van der Waals surface area contributed by atoms with Crippen molar-refractivity contribution in [3.8, 4) is 33.4 Å². The van der Waals surface area contributed by atoms with Gasteiger partial charge >= 0.3 is 0 Å². The van der Waals surface area contributed by atoms with Crippen molar-refractivity contribution in [3.05, 3.63) is 182 Å². The normalized spacial score (nSPS) is 14.1. The van der Waals surface area contributed by atoms with Gasteiger partial charge in [0.15, 0.2) is 0 Å². The van der Waals surface area contributed by atoms with Crippen molar-refractivity contribution >= 4 is 75.8 Å². The van der Waals surface area contributed by atoms with E-state index in [2.05, 4.69) is 30.3 Å². The Balaban J connectivity index is 1.37. The van der Waals surface area contributed by atoms with Crippen LogP contribution < -0.4 is 0 Å². The van der Waals surface area contributed by atoms with Crippen molar-refractivity contribution < 1.29 is 15.4 Å². The molecule has 0 N–H and O–H groups in total. The van der Waals surface area contributed by atoms with Crippen LogP contribution in [0.2, 0.25) is 0 Å². The molecule has 0 atom stereocenters. The van der Waals surface area contributed by atoms with Crippen LogP contribution in [0.5, 0.6) is 0 Å². The number of hydrogen-bond donors (Lipinski definition) is 0. The van der Waals surface area contributed by atoms with E-state index < -0.39 is 24.2 Å². The fourth-order valence-corrected chi connectivity index (χ4v) is 8.12. The Bertz CT molecular complexity index is 3570. The van der Waals surface area contributed by atoms with Crippen molar-refractivity contribution in [1.82, 2.24) is 0 Å². The Morgan fingerprint density at radius 1 is 0.333 bits per heavy atom. The van der Waals surface area contributed by atoms with Crippen molar-refractivity contribution in [3.63, 3.8) is 0 Å². The molecule has 1 nitrogen and oxygen atoms in total. The molecule has 0 fully saturated rings. The van der Waals surface area contributed by atoms with Crippen molar-refractivity contribution in [2.75, 3.05) is 0 Å². The van der Waals surface area contributed by atoms with Gasteiger partial charge in [-0.05, 0) is 105 Å². The summed E-state index contributed by atoms with van der Waals surface area (Å²) in [5.74, 6) is 0. The lowest BCUT2D eigenvalue weighted by molar-refractivity contribution is 0.669. The quantitative estimate of drug-likeness (QED) is 0.173. The van der Waals surface area contributed by atoms with E-state index in [1.165, 1.54) is 0 Å². The van der Waals surface area contributed by atoms with Gasteiger partial charge in [0.25, 0.3) is 0 Å². The highest BCUT2D eigenvalue weighted by Gasteiger charge is 2.21. The number of furan rings is 1. The molecule has 0 aliphatic rings. The molecule has 1 heterocycles. The van der Waals surface area contributed by atoms with Crippen LogP contribution in [-0.2, 0) is 0 Å². The molecule has 0 bridgehead atoms. The summed E-state index contributed by atoms with van der Waals surface area (Å²) in [6, 6.07) is 40.5. The summed E-state index contributed by atoms with van der Waals surface area (Å²) in [4.78, 5) is 0. The highest BCUT2D eigenvalue weighted by molar-refractivity contribution is 6.27. The highest BCUT2D eigenvalue weighted by Crippen LogP contribution is 2.49. The smallest absolute Gasteiger partial charge is 0.136 e. The predicted molar refractivity (Wildman–Crippen MR) is 218 cm³/mol. The average molecular weight is 655 g/mol. The summed E-state index contributed by atoms with van der Waals surface area (Å²) in [6.07, 6.45) is 0. The van der Waals surface area contributed by atoms with Crippen LogP contribution in [0.25, 0.3) is 109 Å². The van der Waals surface area contributed by atoms with E-state index >= 15 is 0 Å². The van der Waals surface area contributed by atoms with E-state index in [-0.39, 0.29) is 45.7 Å². The van der Waals surface area contributed by atoms with Crippen LogP contribution in [0.15, 0.2) is 186 Å². The molecule has 11 rings (SSSR count). The lowest BCUT2D eigenvalue weighted by atomic mass is 9.82. The van der Waals surface area contributed by atoms with Crippen molar-refractivity contribution in [2.45, 2.75) is 0 Å². The summed E-state index contributed by atoms with van der Waals surface area (Å²) in [5.41, 5.74) is 5.00. The SMILES string of the molecule is [2H]c1c([2H])c([2H])c2c(-c3cccc4cccc(-c5cccc6oc7cc8ccccc8cc7c56)c34)c3c([2H])c([2H])c([2H])c([2H])c3c(-c3cccc4ccccc34)c2c1[2H]. The molecule has 0 unspecified atom stereocenters. The number of benzene rings is 10. The maximum Gasteiger partial charge on any atom is 0.136 e. The Morgan fingerprint density at radius 3 is 1.51 bits per heavy atom. The third-order valence-electron chi connectivity index (χ3n) is 10.3. The fourth-order valence-electron chi connectivity index (χ4n) is 8.12. The second-order valence-corrected chi connectivity index (χ2v) is 13.0. The van der Waals surface area contributed by atoms with Gasteiger partial charge in [0.2, 0.25) is 0 Å². The summed E-state index contributed by atoms with van der Waals surface area (Å²) < 4.78 is 80.7. The van der Waals surface area contributed by atoms with E-state index in [4.69, 9.17) is 9.90 Å². The van der Waals surface area contributed by atoms with Crippen LogP contribution in [0.3, 0.4) is 0 Å². The summed E-state index contributed by atoms with van der Waals surface area (Å²) >= 11 is 0. The third-order valence-corrected chi connectivity index (χ3v) is 10.3. The molecule has 0 spiro atoms. The molecular formula is C50H30O. The summed E-state index contributed by atoms with van der Waals surface area (Å²) in [6.45, 7) is 0. The number of hydrogen-bond acceptors (Lipinski definition) is 1. The van der Waals surface area contributed by atoms with Crippen LogP contribution in [0.1, 0.15) is 11.0 Å². The Hall–Kier alpha value is -6.70. The predicted octanol–water partition coefficient (Wildman–Crippen LogP) is 14.4. The van der Waals surface area contributed by atoms with E-state index in [0.29, 0.717) is 27.8 Å². The molecule has 51 heavy (non-hydrogen) atoms. The lowest BCUT2D eigenvalue weighted by Gasteiger charge is -2.20. The molecule has 0 saturated carbocycles. The standard InChI is InChI=1S/C50H30O/c1-2-15-34-30-46-44(29-33(34)14-1)50-42(26-12-28-45(50)51-46)37-25-10-17-32-18-11-27-43(47(32)37)49-40-22-7-5-20-38(40)48(39-21-6-8-23-41(39)49)36-24-9-16-31-13-3-4-19-35(31)36/h1-30H/i5D,6D,7D,8D,20D,21D,22D,23D. The van der Waals surface area contributed by atoms with Crippen LogP contribution >= 0.6 is 0 Å². The van der Waals surface area contributed by atoms with Crippen LogP contribution in [-0.4, -0.2) is 0 Å². The van der Waals surface area contributed by atoms with Gasteiger partial charge in [-0.1, -0.05) is 164 Å². The Morgan fingerprint density at radius 2 is 0.824 bits per heavy atom. The average Bonchev–Trinajstić information content (AvgIpc) is 3.64. The molecule has 236 valence electrons.